The molecule has 0 radical (unpaired) electrons. The fourth-order valence-electron chi connectivity index (χ4n) is 5.57. The third-order valence-corrected chi connectivity index (χ3v) is 7.78. The Balaban J connectivity index is 1.20. The minimum absolute atomic E-state index is 0.0903. The van der Waals surface area contributed by atoms with Gasteiger partial charge >= 0.3 is 6.03 Å². The fraction of sp³-hybridized carbons (Fsp3) is 0.500. The molecular formula is C26H33FN4O. The van der Waals surface area contributed by atoms with Gasteiger partial charge in [-0.05, 0) is 80.6 Å². The van der Waals surface area contributed by atoms with E-state index in [0.717, 1.165) is 56.0 Å². The molecule has 4 fully saturated rings. The molecule has 32 heavy (non-hydrogen) atoms. The van der Waals surface area contributed by atoms with Crippen molar-refractivity contribution in [1.82, 2.24) is 15.1 Å². The van der Waals surface area contributed by atoms with Gasteiger partial charge in [-0.15, -0.1) is 0 Å². The highest BCUT2D eigenvalue weighted by atomic mass is 19.1. The summed E-state index contributed by atoms with van der Waals surface area (Å²) < 4.78 is 13.3. The SMILES string of the molecule is CC1(NC(=O)N2CCN(c3cccc(-c4ccc(F)cc4)c3)CC2)CCN2CCC1CC2. The van der Waals surface area contributed by atoms with Gasteiger partial charge in [0, 0.05) is 44.0 Å². The molecule has 5 nitrogen and oxygen atoms in total. The summed E-state index contributed by atoms with van der Waals surface area (Å²) >= 11 is 0. The summed E-state index contributed by atoms with van der Waals surface area (Å²) in [5.74, 6) is 0.364. The van der Waals surface area contributed by atoms with E-state index in [0.29, 0.717) is 5.92 Å². The standard InChI is InChI=1S/C26H33FN4O/c1-26(11-14-29-12-9-22(26)10-13-29)28-25(32)31-17-15-30(16-18-31)24-4-2-3-21(19-24)20-5-7-23(27)8-6-20/h2-8,19,22H,9-18H2,1H3,(H,28,32). The Morgan fingerprint density at radius 2 is 1.66 bits per heavy atom. The van der Waals surface area contributed by atoms with Crippen LogP contribution < -0.4 is 10.2 Å². The molecule has 0 spiro atoms. The largest absolute Gasteiger partial charge is 0.368 e. The first kappa shape index (κ1) is 21.3. The van der Waals surface area contributed by atoms with E-state index in [1.165, 1.54) is 38.1 Å². The maximum atomic E-state index is 13.3. The van der Waals surface area contributed by atoms with E-state index >= 15 is 0 Å². The molecule has 2 aromatic carbocycles. The quantitative estimate of drug-likeness (QED) is 0.784. The lowest BCUT2D eigenvalue weighted by Crippen LogP contribution is -2.58. The summed E-state index contributed by atoms with van der Waals surface area (Å²) in [6.45, 7) is 8.76. The molecule has 2 bridgehead atoms. The molecule has 0 saturated carbocycles. The lowest BCUT2D eigenvalue weighted by atomic mass is 9.79. The molecule has 2 aromatic rings. The summed E-state index contributed by atoms with van der Waals surface area (Å²) in [6.07, 6.45) is 3.42. The summed E-state index contributed by atoms with van der Waals surface area (Å²) in [6, 6.07) is 15.1. The van der Waals surface area contributed by atoms with Crippen LogP contribution in [0.25, 0.3) is 11.1 Å². The molecule has 1 N–H and O–H groups in total. The third kappa shape index (κ3) is 4.33. The summed E-state index contributed by atoms with van der Waals surface area (Å²) in [4.78, 5) is 20.0. The highest BCUT2D eigenvalue weighted by Crippen LogP contribution is 2.35. The second-order valence-corrected chi connectivity index (χ2v) is 9.74. The molecular weight excluding hydrogens is 403 g/mol. The minimum Gasteiger partial charge on any atom is -0.368 e. The first-order valence-electron chi connectivity index (χ1n) is 11.9. The molecule has 4 aliphatic heterocycles. The zero-order valence-electron chi connectivity index (χ0n) is 18.9. The number of nitrogens with zero attached hydrogens (tertiary/aromatic N) is 3. The number of urea groups is 1. The Bertz CT molecular complexity index is 949. The van der Waals surface area contributed by atoms with E-state index in [9.17, 15) is 9.18 Å². The number of carbonyl (C=O) groups is 1. The van der Waals surface area contributed by atoms with E-state index < -0.39 is 0 Å². The van der Waals surface area contributed by atoms with Gasteiger partial charge in [-0.1, -0.05) is 24.3 Å². The predicted molar refractivity (Wildman–Crippen MR) is 126 cm³/mol. The second-order valence-electron chi connectivity index (χ2n) is 9.74. The molecule has 6 heteroatoms. The first-order chi connectivity index (χ1) is 15.5. The number of nitrogens with one attached hydrogen (secondary N) is 1. The summed E-state index contributed by atoms with van der Waals surface area (Å²) in [5, 5.41) is 3.43. The third-order valence-electron chi connectivity index (χ3n) is 7.78. The van der Waals surface area contributed by atoms with Crippen LogP contribution in [0.3, 0.4) is 0 Å². The molecule has 2 amide bonds. The maximum absolute atomic E-state index is 13.3. The van der Waals surface area contributed by atoms with Crippen LogP contribution in [-0.2, 0) is 0 Å². The molecule has 4 aliphatic rings. The zero-order valence-corrected chi connectivity index (χ0v) is 18.9. The lowest BCUT2D eigenvalue weighted by molar-refractivity contribution is 0.153. The molecule has 0 aromatic heterocycles. The Hall–Kier alpha value is -2.60. The van der Waals surface area contributed by atoms with E-state index in [-0.39, 0.29) is 17.4 Å². The predicted octanol–water partition coefficient (Wildman–Crippen LogP) is 4.20. The van der Waals surface area contributed by atoms with Gasteiger partial charge in [0.1, 0.15) is 5.82 Å². The van der Waals surface area contributed by atoms with Gasteiger partial charge in [0.05, 0.1) is 0 Å². The topological polar surface area (TPSA) is 38.8 Å². The number of hydrogen-bond acceptors (Lipinski definition) is 3. The average Bonchev–Trinajstić information content (AvgIpc) is 3.08. The Morgan fingerprint density at radius 1 is 0.938 bits per heavy atom. The number of anilines is 1. The van der Waals surface area contributed by atoms with Gasteiger partial charge in [0.25, 0.3) is 0 Å². The van der Waals surface area contributed by atoms with Crippen LogP contribution >= 0.6 is 0 Å². The minimum atomic E-state index is -0.220. The van der Waals surface area contributed by atoms with Crippen molar-refractivity contribution in [2.75, 3.05) is 50.7 Å². The highest BCUT2D eigenvalue weighted by molar-refractivity contribution is 5.76. The van der Waals surface area contributed by atoms with Crippen LogP contribution in [0.5, 0.6) is 0 Å². The van der Waals surface area contributed by atoms with Gasteiger partial charge in [0.15, 0.2) is 0 Å². The molecule has 6 rings (SSSR count). The van der Waals surface area contributed by atoms with Crippen LogP contribution in [-0.4, -0.2) is 67.2 Å². The Labute approximate surface area is 190 Å². The maximum Gasteiger partial charge on any atom is 0.317 e. The first-order valence-corrected chi connectivity index (χ1v) is 11.9. The van der Waals surface area contributed by atoms with E-state index in [1.54, 1.807) is 0 Å². The van der Waals surface area contributed by atoms with Crippen molar-refractivity contribution in [1.29, 1.82) is 0 Å². The van der Waals surface area contributed by atoms with Crippen molar-refractivity contribution in [3.8, 4) is 11.1 Å². The van der Waals surface area contributed by atoms with Crippen molar-refractivity contribution in [2.45, 2.75) is 31.7 Å². The van der Waals surface area contributed by atoms with Gasteiger partial charge in [-0.25, -0.2) is 9.18 Å². The second kappa shape index (κ2) is 8.74. The van der Waals surface area contributed by atoms with Gasteiger partial charge < -0.3 is 20.0 Å². The van der Waals surface area contributed by atoms with E-state index in [4.69, 9.17) is 0 Å². The average molecular weight is 437 g/mol. The van der Waals surface area contributed by atoms with Crippen molar-refractivity contribution in [3.05, 3.63) is 54.3 Å². The number of hydrogen-bond donors (Lipinski definition) is 1. The lowest BCUT2D eigenvalue weighted by Gasteiger charge is -2.41. The van der Waals surface area contributed by atoms with Crippen molar-refractivity contribution in [3.63, 3.8) is 0 Å². The normalized spacial score (nSPS) is 27.8. The van der Waals surface area contributed by atoms with E-state index in [1.807, 2.05) is 23.1 Å². The van der Waals surface area contributed by atoms with Crippen LogP contribution in [0.4, 0.5) is 14.9 Å². The van der Waals surface area contributed by atoms with Crippen LogP contribution in [0, 0.1) is 11.7 Å². The number of halogens is 1. The van der Waals surface area contributed by atoms with Gasteiger partial charge in [0.2, 0.25) is 0 Å². The van der Waals surface area contributed by atoms with Crippen LogP contribution in [0.2, 0.25) is 0 Å². The zero-order chi connectivity index (χ0) is 22.1. The summed E-state index contributed by atoms with van der Waals surface area (Å²) in [5.41, 5.74) is 3.14. The fourth-order valence-corrected chi connectivity index (χ4v) is 5.57. The Morgan fingerprint density at radius 3 is 2.38 bits per heavy atom. The number of piperazine rings is 1. The number of carbonyl (C=O) groups excluding carboxylic acids is 1. The number of rotatable bonds is 3. The van der Waals surface area contributed by atoms with E-state index in [2.05, 4.69) is 40.2 Å². The van der Waals surface area contributed by atoms with Gasteiger partial charge in [-0.2, -0.15) is 0 Å². The molecule has 4 heterocycles. The highest BCUT2D eigenvalue weighted by Gasteiger charge is 2.41. The van der Waals surface area contributed by atoms with Crippen molar-refractivity contribution >= 4 is 11.7 Å². The number of benzene rings is 2. The molecule has 1 unspecified atom stereocenters. The van der Waals surface area contributed by atoms with Crippen molar-refractivity contribution < 1.29 is 9.18 Å². The Kier molecular flexibility index (Phi) is 5.80. The van der Waals surface area contributed by atoms with Gasteiger partial charge in [-0.3, -0.25) is 0 Å². The summed E-state index contributed by atoms with van der Waals surface area (Å²) in [7, 11) is 0. The van der Waals surface area contributed by atoms with Crippen LogP contribution in [0.1, 0.15) is 26.2 Å². The molecule has 1 atom stereocenters. The molecule has 4 saturated heterocycles. The van der Waals surface area contributed by atoms with Crippen LogP contribution in [0.15, 0.2) is 48.5 Å². The number of piperidine rings is 1. The molecule has 170 valence electrons. The monoisotopic (exact) mass is 436 g/mol. The number of fused-ring (bicyclic) bond motifs is 4. The van der Waals surface area contributed by atoms with Crippen molar-refractivity contribution in [2.24, 2.45) is 5.92 Å². The smallest absolute Gasteiger partial charge is 0.317 e. The number of amides is 2. The molecule has 0 aliphatic carbocycles.